The van der Waals surface area contributed by atoms with Crippen LogP contribution in [0.3, 0.4) is 0 Å². The summed E-state index contributed by atoms with van der Waals surface area (Å²) in [6.45, 7) is 1.53. The van der Waals surface area contributed by atoms with E-state index in [0.29, 0.717) is 0 Å². The van der Waals surface area contributed by atoms with Crippen LogP contribution in [0.2, 0.25) is 0 Å². The van der Waals surface area contributed by atoms with Crippen molar-refractivity contribution in [3.8, 4) is 5.75 Å². The first-order valence-electron chi connectivity index (χ1n) is 5.81. The van der Waals surface area contributed by atoms with E-state index in [1.807, 2.05) is 19.3 Å². The fraction of sp³-hybridized carbons (Fsp3) is 0.308. The first-order valence-corrected chi connectivity index (χ1v) is 7.40. The van der Waals surface area contributed by atoms with Gasteiger partial charge in [-0.15, -0.1) is 0 Å². The summed E-state index contributed by atoms with van der Waals surface area (Å²) in [6.07, 6.45) is 1.94. The quantitative estimate of drug-likeness (QED) is 0.854. The Morgan fingerprint density at radius 1 is 1.26 bits per heavy atom. The number of nitrogens with zero attached hydrogens (tertiary/aromatic N) is 2. The minimum absolute atomic E-state index is 0.752. The molecule has 1 N–H and O–H groups in total. The Morgan fingerprint density at radius 3 is 2.47 bits per heavy atom. The van der Waals surface area contributed by atoms with Crippen molar-refractivity contribution in [1.29, 1.82) is 0 Å². The van der Waals surface area contributed by atoms with Crippen molar-refractivity contribution in [2.45, 2.75) is 13.1 Å². The molecular weight excluding hydrogens is 374 g/mol. The number of benzene rings is 1. The number of aromatic nitrogens is 2. The number of aryl methyl sites for hydroxylation is 1. The zero-order valence-electron chi connectivity index (χ0n) is 10.8. The Morgan fingerprint density at radius 2 is 1.95 bits per heavy atom. The van der Waals surface area contributed by atoms with Gasteiger partial charge in [-0.1, -0.05) is 0 Å². The summed E-state index contributed by atoms with van der Waals surface area (Å²) >= 11 is 7.00. The van der Waals surface area contributed by atoms with Gasteiger partial charge in [-0.2, -0.15) is 5.10 Å². The van der Waals surface area contributed by atoms with E-state index in [2.05, 4.69) is 54.4 Å². The van der Waals surface area contributed by atoms with E-state index in [9.17, 15) is 0 Å². The minimum Gasteiger partial charge on any atom is -0.494 e. The lowest BCUT2D eigenvalue weighted by Gasteiger charge is -2.09. The summed E-state index contributed by atoms with van der Waals surface area (Å²) in [6, 6.07) is 6.11. The van der Waals surface area contributed by atoms with E-state index in [4.69, 9.17) is 4.74 Å². The van der Waals surface area contributed by atoms with Gasteiger partial charge in [0.25, 0.3) is 0 Å². The van der Waals surface area contributed by atoms with Crippen molar-refractivity contribution in [2.24, 2.45) is 7.05 Å². The Labute approximate surface area is 129 Å². The summed E-state index contributed by atoms with van der Waals surface area (Å²) in [7, 11) is 3.57. The predicted molar refractivity (Wildman–Crippen MR) is 82.1 cm³/mol. The molecule has 0 saturated carbocycles. The molecule has 0 radical (unpaired) electrons. The molecule has 1 heterocycles. The molecular formula is C13H15Br2N3O. The second-order valence-corrected chi connectivity index (χ2v) is 5.89. The lowest BCUT2D eigenvalue weighted by molar-refractivity contribution is 0.409. The number of hydrogen-bond acceptors (Lipinski definition) is 3. The monoisotopic (exact) mass is 387 g/mol. The molecule has 0 bridgehead atoms. The van der Waals surface area contributed by atoms with Crippen LogP contribution < -0.4 is 10.1 Å². The molecule has 0 unspecified atom stereocenters. The normalized spacial score (nSPS) is 10.7. The highest BCUT2D eigenvalue weighted by molar-refractivity contribution is 9.11. The number of methoxy groups -OCH3 is 1. The molecule has 0 saturated heterocycles. The third-order valence-corrected chi connectivity index (χ3v) is 3.84. The van der Waals surface area contributed by atoms with Gasteiger partial charge in [-0.05, 0) is 55.6 Å². The van der Waals surface area contributed by atoms with Gasteiger partial charge in [0.2, 0.25) is 0 Å². The van der Waals surface area contributed by atoms with Crippen LogP contribution in [-0.4, -0.2) is 16.9 Å². The second kappa shape index (κ2) is 6.54. The maximum Gasteiger partial charge on any atom is 0.147 e. The maximum absolute atomic E-state index is 5.28. The molecule has 0 aliphatic heterocycles. The molecule has 0 atom stereocenters. The number of hydrogen-bond donors (Lipinski definition) is 1. The first kappa shape index (κ1) is 14.6. The maximum atomic E-state index is 5.28. The minimum atomic E-state index is 0.752. The molecule has 0 aliphatic carbocycles. The van der Waals surface area contributed by atoms with E-state index >= 15 is 0 Å². The summed E-state index contributed by atoms with van der Waals surface area (Å²) in [4.78, 5) is 0. The van der Waals surface area contributed by atoms with Crippen LogP contribution in [0.5, 0.6) is 5.75 Å². The van der Waals surface area contributed by atoms with Crippen LogP contribution >= 0.6 is 31.9 Å². The summed E-state index contributed by atoms with van der Waals surface area (Å²) in [5.74, 6) is 0.813. The van der Waals surface area contributed by atoms with Crippen LogP contribution in [-0.2, 0) is 20.1 Å². The summed E-state index contributed by atoms with van der Waals surface area (Å²) in [5.41, 5.74) is 2.21. The zero-order chi connectivity index (χ0) is 13.8. The molecule has 6 heteroatoms. The first-order chi connectivity index (χ1) is 9.10. The highest BCUT2D eigenvalue weighted by Gasteiger charge is 2.07. The van der Waals surface area contributed by atoms with Crippen LogP contribution in [0.25, 0.3) is 0 Å². The fourth-order valence-electron chi connectivity index (χ4n) is 1.80. The van der Waals surface area contributed by atoms with E-state index in [1.54, 1.807) is 11.8 Å². The SMILES string of the molecule is COc1c(Br)cc(CNCc2ccn(C)n2)cc1Br. The van der Waals surface area contributed by atoms with Gasteiger partial charge in [0.05, 0.1) is 21.7 Å². The van der Waals surface area contributed by atoms with Gasteiger partial charge in [-0.25, -0.2) is 0 Å². The highest BCUT2D eigenvalue weighted by atomic mass is 79.9. The van der Waals surface area contributed by atoms with E-state index in [-0.39, 0.29) is 0 Å². The van der Waals surface area contributed by atoms with E-state index < -0.39 is 0 Å². The van der Waals surface area contributed by atoms with Gasteiger partial charge in [-0.3, -0.25) is 4.68 Å². The molecule has 4 nitrogen and oxygen atoms in total. The largest absolute Gasteiger partial charge is 0.494 e. The van der Waals surface area contributed by atoms with Crippen molar-refractivity contribution in [2.75, 3.05) is 7.11 Å². The molecule has 102 valence electrons. The topological polar surface area (TPSA) is 39.1 Å². The van der Waals surface area contributed by atoms with Crippen LogP contribution in [0.4, 0.5) is 0 Å². The molecule has 0 spiro atoms. The lowest BCUT2D eigenvalue weighted by Crippen LogP contribution is -2.13. The molecule has 0 aliphatic rings. The van der Waals surface area contributed by atoms with Gasteiger partial charge < -0.3 is 10.1 Å². The van der Waals surface area contributed by atoms with Crippen molar-refractivity contribution in [3.63, 3.8) is 0 Å². The standard InChI is InChI=1S/C13H15Br2N3O/c1-18-4-3-10(17-18)8-16-7-9-5-11(14)13(19-2)12(15)6-9/h3-6,16H,7-8H2,1-2H3. The van der Waals surface area contributed by atoms with Crippen LogP contribution in [0, 0.1) is 0 Å². The number of rotatable bonds is 5. The van der Waals surface area contributed by atoms with E-state index in [0.717, 1.165) is 33.5 Å². The Balaban J connectivity index is 1.96. The molecule has 1 aromatic carbocycles. The molecule has 0 amide bonds. The third-order valence-electron chi connectivity index (χ3n) is 2.67. The molecule has 0 fully saturated rings. The number of ether oxygens (including phenoxy) is 1. The van der Waals surface area contributed by atoms with Crippen molar-refractivity contribution in [3.05, 3.63) is 44.6 Å². The van der Waals surface area contributed by atoms with Crippen molar-refractivity contribution >= 4 is 31.9 Å². The van der Waals surface area contributed by atoms with Gasteiger partial charge in [0.15, 0.2) is 0 Å². The summed E-state index contributed by atoms with van der Waals surface area (Å²) < 4.78 is 8.97. The number of nitrogens with one attached hydrogen (secondary N) is 1. The predicted octanol–water partition coefficient (Wildman–Crippen LogP) is 3.24. The lowest BCUT2D eigenvalue weighted by atomic mass is 10.2. The molecule has 2 rings (SSSR count). The van der Waals surface area contributed by atoms with Crippen molar-refractivity contribution < 1.29 is 4.74 Å². The smallest absolute Gasteiger partial charge is 0.147 e. The molecule has 2 aromatic rings. The fourth-order valence-corrected chi connectivity index (χ4v) is 3.41. The second-order valence-electron chi connectivity index (χ2n) is 4.18. The third kappa shape index (κ3) is 3.81. The van der Waals surface area contributed by atoms with Crippen LogP contribution in [0.15, 0.2) is 33.3 Å². The average Bonchev–Trinajstić information content (AvgIpc) is 2.75. The Kier molecular flexibility index (Phi) is 5.01. The zero-order valence-corrected chi connectivity index (χ0v) is 14.0. The summed E-state index contributed by atoms with van der Waals surface area (Å²) in [5, 5.41) is 7.68. The highest BCUT2D eigenvalue weighted by Crippen LogP contribution is 2.34. The van der Waals surface area contributed by atoms with E-state index in [1.165, 1.54) is 5.56 Å². The Bertz CT molecular complexity index is 546. The van der Waals surface area contributed by atoms with Crippen LogP contribution in [0.1, 0.15) is 11.3 Å². The van der Waals surface area contributed by atoms with Gasteiger partial charge >= 0.3 is 0 Å². The molecule has 1 aromatic heterocycles. The number of halogens is 2. The average molecular weight is 389 g/mol. The van der Waals surface area contributed by atoms with Crippen molar-refractivity contribution in [1.82, 2.24) is 15.1 Å². The Hall–Kier alpha value is -0.850. The molecule has 19 heavy (non-hydrogen) atoms. The van der Waals surface area contributed by atoms with Gasteiger partial charge in [0.1, 0.15) is 5.75 Å². The van der Waals surface area contributed by atoms with Gasteiger partial charge in [0, 0.05) is 26.3 Å².